The van der Waals surface area contributed by atoms with Crippen LogP contribution in [0.4, 0.5) is 5.69 Å². The summed E-state index contributed by atoms with van der Waals surface area (Å²) in [5.74, 6) is -1.23. The molecular formula is C28H35N3O6S. The normalized spacial score (nSPS) is 18.6. The van der Waals surface area contributed by atoms with Crippen molar-refractivity contribution in [3.63, 3.8) is 0 Å². The lowest BCUT2D eigenvalue weighted by Crippen LogP contribution is -2.41. The van der Waals surface area contributed by atoms with Gasteiger partial charge in [0.15, 0.2) is 6.61 Å². The molecule has 1 aliphatic carbocycles. The number of fused-ring (bicyclic) bond motifs is 1. The van der Waals surface area contributed by atoms with Gasteiger partial charge in [0.05, 0.1) is 17.4 Å². The van der Waals surface area contributed by atoms with E-state index in [9.17, 15) is 22.8 Å². The van der Waals surface area contributed by atoms with Gasteiger partial charge in [0.1, 0.15) is 0 Å². The van der Waals surface area contributed by atoms with Crippen LogP contribution in [-0.4, -0.2) is 49.7 Å². The Labute approximate surface area is 224 Å². The summed E-state index contributed by atoms with van der Waals surface area (Å²) in [4.78, 5) is 36.6. The lowest BCUT2D eigenvalue weighted by Gasteiger charge is -2.36. The van der Waals surface area contributed by atoms with E-state index < -0.39 is 22.0 Å². The number of esters is 1. The Bertz CT molecular complexity index is 1250. The van der Waals surface area contributed by atoms with E-state index in [-0.39, 0.29) is 42.3 Å². The van der Waals surface area contributed by atoms with E-state index >= 15 is 0 Å². The van der Waals surface area contributed by atoms with Crippen molar-refractivity contribution in [2.45, 2.75) is 75.3 Å². The number of sulfonamides is 1. The van der Waals surface area contributed by atoms with Gasteiger partial charge in [-0.05, 0) is 54.7 Å². The standard InChI is InChI=1S/C28H35N3O6S/c1-20(32)29-23-12-14-24(15-13-23)38(35,36)31-17-16-21-8-6-7-11-25(21)26(31)18-28(34)37-19-27(33)30-22-9-4-2-3-5-10-22/h6-8,11-15,22,26H,2-5,9-10,16-19H2,1H3,(H,29,32)(H,30,33). The highest BCUT2D eigenvalue weighted by atomic mass is 32.2. The third-order valence-electron chi connectivity index (χ3n) is 7.09. The van der Waals surface area contributed by atoms with Crippen molar-refractivity contribution in [3.8, 4) is 0 Å². The third-order valence-corrected chi connectivity index (χ3v) is 9.01. The molecule has 1 aliphatic heterocycles. The zero-order valence-corrected chi connectivity index (χ0v) is 22.5. The van der Waals surface area contributed by atoms with E-state index in [2.05, 4.69) is 10.6 Å². The Morgan fingerprint density at radius 2 is 1.66 bits per heavy atom. The summed E-state index contributed by atoms with van der Waals surface area (Å²) in [7, 11) is -3.97. The second kappa shape index (κ2) is 12.5. The molecule has 1 saturated carbocycles. The Hall–Kier alpha value is -3.24. The lowest BCUT2D eigenvalue weighted by atomic mass is 9.92. The number of amides is 2. The minimum Gasteiger partial charge on any atom is -0.456 e. The van der Waals surface area contributed by atoms with Gasteiger partial charge in [0.2, 0.25) is 15.9 Å². The largest absolute Gasteiger partial charge is 0.456 e. The number of rotatable bonds is 8. The van der Waals surface area contributed by atoms with Crippen LogP contribution in [0.25, 0.3) is 0 Å². The first-order valence-electron chi connectivity index (χ1n) is 13.2. The molecule has 2 N–H and O–H groups in total. The number of benzene rings is 2. The molecule has 0 saturated heterocycles. The number of carbonyl (C=O) groups is 3. The molecule has 4 rings (SSSR count). The topological polar surface area (TPSA) is 122 Å². The van der Waals surface area contributed by atoms with Gasteiger partial charge in [-0.2, -0.15) is 4.31 Å². The summed E-state index contributed by atoms with van der Waals surface area (Å²) in [5.41, 5.74) is 2.21. The molecule has 38 heavy (non-hydrogen) atoms. The van der Waals surface area contributed by atoms with E-state index in [4.69, 9.17) is 4.74 Å². The second-order valence-corrected chi connectivity index (χ2v) is 11.8. The maximum Gasteiger partial charge on any atom is 0.308 e. The molecule has 1 unspecified atom stereocenters. The summed E-state index contributed by atoms with van der Waals surface area (Å²) >= 11 is 0. The van der Waals surface area contributed by atoms with Gasteiger partial charge in [-0.15, -0.1) is 0 Å². The molecule has 2 aromatic carbocycles. The molecule has 0 bridgehead atoms. The first kappa shape index (κ1) is 27.8. The predicted octanol–water partition coefficient (Wildman–Crippen LogP) is 3.71. The van der Waals surface area contributed by atoms with Gasteiger partial charge in [-0.3, -0.25) is 14.4 Å². The van der Waals surface area contributed by atoms with Gasteiger partial charge >= 0.3 is 5.97 Å². The van der Waals surface area contributed by atoms with E-state index in [0.29, 0.717) is 12.1 Å². The molecule has 1 heterocycles. The zero-order chi connectivity index (χ0) is 27.1. The molecule has 1 fully saturated rings. The second-order valence-electron chi connectivity index (χ2n) is 9.91. The summed E-state index contributed by atoms with van der Waals surface area (Å²) < 4.78 is 34.0. The van der Waals surface area contributed by atoms with Crippen LogP contribution < -0.4 is 10.6 Å². The summed E-state index contributed by atoms with van der Waals surface area (Å²) in [6.07, 6.45) is 6.64. The molecule has 9 nitrogen and oxygen atoms in total. The fourth-order valence-electron chi connectivity index (χ4n) is 5.23. The Balaban J connectivity index is 1.46. The van der Waals surface area contributed by atoms with Gasteiger partial charge in [-0.1, -0.05) is 49.9 Å². The minimum atomic E-state index is -3.97. The Morgan fingerprint density at radius 3 is 2.34 bits per heavy atom. The van der Waals surface area contributed by atoms with Crippen LogP contribution >= 0.6 is 0 Å². The lowest BCUT2D eigenvalue weighted by molar-refractivity contribution is -0.149. The highest BCUT2D eigenvalue weighted by Gasteiger charge is 2.38. The fourth-order valence-corrected chi connectivity index (χ4v) is 6.84. The molecule has 0 aromatic heterocycles. The Morgan fingerprint density at radius 1 is 0.974 bits per heavy atom. The highest BCUT2D eigenvalue weighted by Crippen LogP contribution is 2.36. The smallest absolute Gasteiger partial charge is 0.308 e. The molecule has 0 radical (unpaired) electrons. The summed E-state index contributed by atoms with van der Waals surface area (Å²) in [5, 5.41) is 5.58. The molecule has 2 aromatic rings. The van der Waals surface area contributed by atoms with Crippen LogP contribution in [0.15, 0.2) is 53.4 Å². The van der Waals surface area contributed by atoms with Crippen LogP contribution in [0.2, 0.25) is 0 Å². The average Bonchev–Trinajstić information content (AvgIpc) is 3.16. The van der Waals surface area contributed by atoms with Crippen LogP contribution in [-0.2, 0) is 35.6 Å². The van der Waals surface area contributed by atoms with Crippen LogP contribution in [0.1, 0.15) is 69.0 Å². The number of ether oxygens (including phenoxy) is 1. The molecule has 0 spiro atoms. The molecule has 10 heteroatoms. The van der Waals surface area contributed by atoms with Crippen LogP contribution in [0, 0.1) is 0 Å². The van der Waals surface area contributed by atoms with E-state index in [1.807, 2.05) is 24.3 Å². The van der Waals surface area contributed by atoms with E-state index in [1.54, 1.807) is 0 Å². The number of hydrogen-bond donors (Lipinski definition) is 2. The van der Waals surface area contributed by atoms with Crippen molar-refractivity contribution in [2.75, 3.05) is 18.5 Å². The van der Waals surface area contributed by atoms with Gasteiger partial charge in [-0.25, -0.2) is 8.42 Å². The maximum atomic E-state index is 13.7. The van der Waals surface area contributed by atoms with Crippen LogP contribution in [0.3, 0.4) is 0 Å². The Kier molecular flexibility index (Phi) is 9.17. The number of hydrogen-bond acceptors (Lipinski definition) is 6. The van der Waals surface area contributed by atoms with Gasteiger partial charge in [0.25, 0.3) is 5.91 Å². The summed E-state index contributed by atoms with van der Waals surface area (Å²) in [6.45, 7) is 1.19. The third kappa shape index (κ3) is 6.99. The van der Waals surface area contributed by atoms with E-state index in [1.165, 1.54) is 48.3 Å². The number of nitrogens with zero attached hydrogens (tertiary/aromatic N) is 1. The molecule has 204 valence electrons. The predicted molar refractivity (Wildman–Crippen MR) is 143 cm³/mol. The first-order chi connectivity index (χ1) is 18.2. The number of nitrogens with one attached hydrogen (secondary N) is 2. The minimum absolute atomic E-state index is 0.0622. The molecular weight excluding hydrogens is 506 g/mol. The molecule has 2 aliphatic rings. The first-order valence-corrected chi connectivity index (χ1v) is 14.6. The summed E-state index contributed by atoms with van der Waals surface area (Å²) in [6, 6.07) is 12.7. The van der Waals surface area contributed by atoms with Crippen molar-refractivity contribution in [3.05, 3.63) is 59.7 Å². The number of carbonyl (C=O) groups excluding carboxylic acids is 3. The SMILES string of the molecule is CC(=O)Nc1ccc(S(=O)(=O)N2CCc3ccccc3C2CC(=O)OCC(=O)NC2CCCCCC2)cc1. The van der Waals surface area contributed by atoms with Crippen molar-refractivity contribution >= 4 is 33.5 Å². The van der Waals surface area contributed by atoms with Crippen molar-refractivity contribution in [1.29, 1.82) is 0 Å². The molecule has 1 atom stereocenters. The molecule has 2 amide bonds. The van der Waals surface area contributed by atoms with Crippen molar-refractivity contribution in [2.24, 2.45) is 0 Å². The zero-order valence-electron chi connectivity index (χ0n) is 21.6. The average molecular weight is 542 g/mol. The van der Waals surface area contributed by atoms with Crippen LogP contribution in [0.5, 0.6) is 0 Å². The quantitative estimate of drug-likeness (QED) is 0.388. The highest BCUT2D eigenvalue weighted by molar-refractivity contribution is 7.89. The van der Waals surface area contributed by atoms with E-state index in [0.717, 1.165) is 36.8 Å². The maximum absolute atomic E-state index is 13.7. The van der Waals surface area contributed by atoms with Crippen molar-refractivity contribution < 1.29 is 27.5 Å². The number of anilines is 1. The monoisotopic (exact) mass is 541 g/mol. The fraction of sp³-hybridized carbons (Fsp3) is 0.464. The van der Waals surface area contributed by atoms with Gasteiger partial charge in [0, 0.05) is 25.2 Å². The van der Waals surface area contributed by atoms with Gasteiger partial charge < -0.3 is 15.4 Å². The van der Waals surface area contributed by atoms with Crippen molar-refractivity contribution in [1.82, 2.24) is 9.62 Å².